The number of alkyl halides is 3. The van der Waals surface area contributed by atoms with Gasteiger partial charge >= 0.3 is 6.18 Å². The summed E-state index contributed by atoms with van der Waals surface area (Å²) >= 11 is 11.8. The molecule has 164 valence electrons. The van der Waals surface area contributed by atoms with Gasteiger partial charge in [-0.25, -0.2) is 0 Å². The average molecular weight is 474 g/mol. The molecule has 1 atom stereocenters. The Morgan fingerprint density at radius 3 is 2.39 bits per heavy atom. The Kier molecular flexibility index (Phi) is 6.20. The topological polar surface area (TPSA) is 93.8 Å². The van der Waals surface area contributed by atoms with E-state index in [2.05, 4.69) is 10.5 Å². The molecule has 0 spiro atoms. The molecular formula is C20H16Cl2F3N3O3. The highest BCUT2D eigenvalue weighted by molar-refractivity contribution is 6.34. The lowest BCUT2D eigenvalue weighted by Crippen LogP contribution is -2.42. The number of amides is 2. The van der Waals surface area contributed by atoms with Crippen molar-refractivity contribution in [2.24, 2.45) is 10.9 Å². The number of nitrogens with two attached hydrogens (primary N) is 1. The lowest BCUT2D eigenvalue weighted by atomic mass is 9.86. The van der Waals surface area contributed by atoms with E-state index in [4.69, 9.17) is 33.8 Å². The van der Waals surface area contributed by atoms with Gasteiger partial charge in [-0.15, -0.1) is 0 Å². The van der Waals surface area contributed by atoms with Crippen molar-refractivity contribution in [3.05, 3.63) is 68.7 Å². The number of hydrogen-bond donors (Lipinski definition) is 2. The molecule has 0 radical (unpaired) electrons. The van der Waals surface area contributed by atoms with Crippen LogP contribution < -0.4 is 11.1 Å². The first-order valence-corrected chi connectivity index (χ1v) is 9.64. The van der Waals surface area contributed by atoms with Crippen molar-refractivity contribution >= 4 is 40.7 Å². The van der Waals surface area contributed by atoms with E-state index in [1.807, 2.05) is 0 Å². The Hall–Kier alpha value is -2.78. The van der Waals surface area contributed by atoms with Crippen molar-refractivity contribution in [3.63, 3.8) is 0 Å². The molecule has 2 amide bonds. The lowest BCUT2D eigenvalue weighted by molar-refractivity contribution is -0.275. The molecule has 0 bridgehead atoms. The summed E-state index contributed by atoms with van der Waals surface area (Å²) in [6, 6.07) is 7.98. The molecule has 0 fully saturated rings. The van der Waals surface area contributed by atoms with Crippen LogP contribution in [-0.4, -0.2) is 30.2 Å². The molecule has 3 rings (SSSR count). The summed E-state index contributed by atoms with van der Waals surface area (Å²) in [5, 5.41) is 6.10. The van der Waals surface area contributed by atoms with E-state index in [1.165, 1.54) is 24.3 Å². The third kappa shape index (κ3) is 4.62. The van der Waals surface area contributed by atoms with E-state index in [1.54, 1.807) is 6.92 Å². The van der Waals surface area contributed by atoms with Crippen molar-refractivity contribution in [1.29, 1.82) is 0 Å². The van der Waals surface area contributed by atoms with Gasteiger partial charge in [-0.2, -0.15) is 13.2 Å². The number of nitrogens with zero attached hydrogens (tertiary/aromatic N) is 1. The van der Waals surface area contributed by atoms with Gasteiger partial charge in [0.1, 0.15) is 0 Å². The van der Waals surface area contributed by atoms with Crippen LogP contribution >= 0.6 is 23.2 Å². The molecule has 11 heteroatoms. The molecule has 31 heavy (non-hydrogen) atoms. The van der Waals surface area contributed by atoms with Crippen LogP contribution in [0.2, 0.25) is 10.0 Å². The highest BCUT2D eigenvalue weighted by Crippen LogP contribution is 2.49. The summed E-state index contributed by atoms with van der Waals surface area (Å²) in [7, 11) is 0. The van der Waals surface area contributed by atoms with Gasteiger partial charge in [0, 0.05) is 27.6 Å². The maximum absolute atomic E-state index is 14.1. The van der Waals surface area contributed by atoms with E-state index in [0.717, 1.165) is 12.1 Å². The van der Waals surface area contributed by atoms with Crippen molar-refractivity contribution < 1.29 is 27.6 Å². The van der Waals surface area contributed by atoms with Gasteiger partial charge in [-0.05, 0) is 48.4 Å². The standard InChI is InChI=1S/C20H16Cl2F3N3O3/c1-10-4-11(2-3-15(10)18(30)27-9-17(26)29)16-8-19(31-28-16,20(23,24)25)12-5-13(21)7-14(22)6-12/h2-7H,8-9H2,1H3,(H2,26,29)(H,27,30). The number of nitrogens with one attached hydrogen (secondary N) is 1. The summed E-state index contributed by atoms with van der Waals surface area (Å²) in [5.74, 6) is -1.24. The van der Waals surface area contributed by atoms with Crippen LogP contribution in [0.1, 0.15) is 33.5 Å². The van der Waals surface area contributed by atoms with Crippen molar-refractivity contribution in [2.75, 3.05) is 6.54 Å². The molecule has 2 aromatic rings. The molecule has 2 aromatic carbocycles. The second-order valence-corrected chi connectivity index (χ2v) is 7.84. The number of primary amides is 1. The van der Waals surface area contributed by atoms with Crippen molar-refractivity contribution in [3.8, 4) is 0 Å². The highest BCUT2D eigenvalue weighted by Gasteiger charge is 2.62. The summed E-state index contributed by atoms with van der Waals surface area (Å²) < 4.78 is 42.2. The number of oxime groups is 1. The summed E-state index contributed by atoms with van der Waals surface area (Å²) in [4.78, 5) is 27.9. The van der Waals surface area contributed by atoms with Gasteiger partial charge < -0.3 is 15.9 Å². The highest BCUT2D eigenvalue weighted by atomic mass is 35.5. The van der Waals surface area contributed by atoms with E-state index in [0.29, 0.717) is 11.1 Å². The van der Waals surface area contributed by atoms with Gasteiger partial charge in [0.05, 0.1) is 12.3 Å². The van der Waals surface area contributed by atoms with E-state index in [9.17, 15) is 22.8 Å². The maximum Gasteiger partial charge on any atom is 0.435 e. The van der Waals surface area contributed by atoms with Gasteiger partial charge in [0.25, 0.3) is 11.5 Å². The second kappa shape index (κ2) is 8.39. The third-order valence-electron chi connectivity index (χ3n) is 4.74. The Morgan fingerprint density at radius 1 is 1.19 bits per heavy atom. The van der Waals surface area contributed by atoms with E-state index >= 15 is 0 Å². The fourth-order valence-corrected chi connectivity index (χ4v) is 3.73. The number of halogens is 5. The van der Waals surface area contributed by atoms with Gasteiger partial charge in [-0.3, -0.25) is 9.59 Å². The number of benzene rings is 2. The molecule has 0 aliphatic carbocycles. The minimum absolute atomic E-state index is 0.0327. The second-order valence-electron chi connectivity index (χ2n) is 6.97. The molecule has 6 nitrogen and oxygen atoms in total. The van der Waals surface area contributed by atoms with Gasteiger partial charge in [0.15, 0.2) is 0 Å². The Bertz CT molecular complexity index is 1070. The average Bonchev–Trinajstić information content (AvgIpc) is 3.12. The first-order chi connectivity index (χ1) is 14.4. The normalized spacial score (nSPS) is 18.3. The number of aryl methyl sites for hydroxylation is 1. The van der Waals surface area contributed by atoms with Crippen LogP contribution in [0.25, 0.3) is 0 Å². The van der Waals surface area contributed by atoms with Crippen molar-refractivity contribution in [2.45, 2.75) is 25.1 Å². The summed E-state index contributed by atoms with van der Waals surface area (Å²) in [6.45, 7) is 1.27. The molecule has 1 aliphatic heterocycles. The first kappa shape index (κ1) is 22.9. The summed E-state index contributed by atoms with van der Waals surface area (Å²) in [5.41, 5.74) is 3.09. The lowest BCUT2D eigenvalue weighted by Gasteiger charge is -2.29. The minimum atomic E-state index is -4.81. The zero-order valence-electron chi connectivity index (χ0n) is 16.0. The van der Waals surface area contributed by atoms with Crippen LogP contribution in [0.5, 0.6) is 0 Å². The van der Waals surface area contributed by atoms with Gasteiger partial charge in [-0.1, -0.05) is 34.4 Å². The zero-order valence-corrected chi connectivity index (χ0v) is 17.5. The number of carbonyl (C=O) groups is 2. The number of carbonyl (C=O) groups excluding carboxylic acids is 2. The minimum Gasteiger partial charge on any atom is -0.374 e. The molecule has 0 saturated heterocycles. The maximum atomic E-state index is 14.1. The van der Waals surface area contributed by atoms with Crippen LogP contribution in [0.15, 0.2) is 41.6 Å². The van der Waals surface area contributed by atoms with E-state index < -0.39 is 30.0 Å². The number of hydrogen-bond acceptors (Lipinski definition) is 4. The predicted octanol–water partition coefficient (Wildman–Crippen LogP) is 4.10. The Morgan fingerprint density at radius 2 is 1.84 bits per heavy atom. The first-order valence-electron chi connectivity index (χ1n) is 8.89. The van der Waals surface area contributed by atoms with Gasteiger partial charge in [0.2, 0.25) is 5.91 Å². The quantitative estimate of drug-likeness (QED) is 0.684. The van der Waals surface area contributed by atoms with Crippen LogP contribution in [0, 0.1) is 6.92 Å². The van der Waals surface area contributed by atoms with E-state index in [-0.39, 0.29) is 33.4 Å². The van der Waals surface area contributed by atoms with Crippen LogP contribution in [-0.2, 0) is 15.2 Å². The zero-order chi connectivity index (χ0) is 23.0. The molecule has 0 saturated carbocycles. The molecule has 1 heterocycles. The largest absolute Gasteiger partial charge is 0.435 e. The predicted molar refractivity (Wildman–Crippen MR) is 109 cm³/mol. The fourth-order valence-electron chi connectivity index (χ4n) is 3.21. The number of rotatable bonds is 5. The molecule has 1 aliphatic rings. The molecule has 3 N–H and O–H groups in total. The Labute approximate surface area is 185 Å². The Balaban J connectivity index is 1.91. The molecular weight excluding hydrogens is 458 g/mol. The summed E-state index contributed by atoms with van der Waals surface area (Å²) in [6.07, 6.45) is -5.42. The fraction of sp³-hybridized carbons (Fsp3) is 0.250. The molecule has 1 unspecified atom stereocenters. The van der Waals surface area contributed by atoms with Crippen LogP contribution in [0.4, 0.5) is 13.2 Å². The SMILES string of the molecule is Cc1cc(C2=NOC(c3cc(Cl)cc(Cl)c3)(C(F)(F)F)C2)ccc1C(=O)NCC(N)=O. The van der Waals surface area contributed by atoms with Crippen LogP contribution in [0.3, 0.4) is 0 Å². The smallest absolute Gasteiger partial charge is 0.374 e. The third-order valence-corrected chi connectivity index (χ3v) is 5.18. The van der Waals surface area contributed by atoms with Crippen molar-refractivity contribution in [1.82, 2.24) is 5.32 Å². The monoisotopic (exact) mass is 473 g/mol. The molecule has 0 aromatic heterocycles.